The summed E-state index contributed by atoms with van der Waals surface area (Å²) < 4.78 is 0. The number of ketones is 1. The van der Waals surface area contributed by atoms with Crippen LogP contribution in [0.3, 0.4) is 0 Å². The van der Waals surface area contributed by atoms with Gasteiger partial charge in [0, 0.05) is 11.3 Å². The lowest BCUT2D eigenvalue weighted by Gasteiger charge is -2.56. The molecule has 0 heterocycles. The maximum absolute atomic E-state index is 13.7. The molecule has 5 rings (SSSR count). The maximum atomic E-state index is 13.7. The molecule has 0 saturated heterocycles. The molecule has 0 spiro atoms. The highest BCUT2D eigenvalue weighted by Gasteiger charge is 2.70. The van der Waals surface area contributed by atoms with Crippen molar-refractivity contribution in [3.63, 3.8) is 0 Å². The topological polar surface area (TPSA) is 37.3 Å². The van der Waals surface area contributed by atoms with Crippen LogP contribution in [0, 0.1) is 39.4 Å². The summed E-state index contributed by atoms with van der Waals surface area (Å²) in [6, 6.07) is 0. The fourth-order valence-electron chi connectivity index (χ4n) is 8.47. The Hall–Kier alpha value is -0.370. The fourth-order valence-corrected chi connectivity index (χ4v) is 8.47. The second-order valence-corrected chi connectivity index (χ2v) is 12.7. The van der Waals surface area contributed by atoms with Gasteiger partial charge in [-0.25, -0.2) is 0 Å². The largest absolute Gasteiger partial charge is 0.390 e. The van der Waals surface area contributed by atoms with Crippen LogP contribution in [-0.2, 0) is 4.79 Å². The lowest BCUT2D eigenvalue weighted by Crippen LogP contribution is -2.52. The van der Waals surface area contributed by atoms with Gasteiger partial charge in [0.05, 0.1) is 5.60 Å². The zero-order valence-electron chi connectivity index (χ0n) is 18.0. The number of hydrogen-bond acceptors (Lipinski definition) is 2. The standard InChI is InChI=1S/C24H40O2/c1-7-22(6,12-20(2,3)4)19(25)17-8-9-18(17)23-11-16-10-21(5,13-23)14-24(16,26)15-23/h16-18,26H,7-15H2,1-6H3. The van der Waals surface area contributed by atoms with E-state index in [4.69, 9.17) is 0 Å². The molecule has 4 bridgehead atoms. The van der Waals surface area contributed by atoms with E-state index in [1.54, 1.807) is 0 Å². The molecule has 0 aromatic heterocycles. The van der Waals surface area contributed by atoms with Crippen molar-refractivity contribution in [2.45, 2.75) is 105 Å². The van der Waals surface area contributed by atoms with E-state index in [0.29, 0.717) is 23.0 Å². The minimum Gasteiger partial charge on any atom is -0.390 e. The Morgan fingerprint density at radius 1 is 1.08 bits per heavy atom. The lowest BCUT2D eigenvalue weighted by molar-refractivity contribution is -0.149. The summed E-state index contributed by atoms with van der Waals surface area (Å²) in [5, 5.41) is 11.2. The zero-order chi connectivity index (χ0) is 19.2. The van der Waals surface area contributed by atoms with Gasteiger partial charge in [-0.15, -0.1) is 0 Å². The van der Waals surface area contributed by atoms with Gasteiger partial charge in [-0.1, -0.05) is 41.5 Å². The van der Waals surface area contributed by atoms with Crippen LogP contribution in [-0.4, -0.2) is 16.5 Å². The van der Waals surface area contributed by atoms with Gasteiger partial charge in [-0.05, 0) is 85.9 Å². The average Bonchev–Trinajstić information content (AvgIpc) is 2.71. The van der Waals surface area contributed by atoms with Gasteiger partial charge in [-0.2, -0.15) is 0 Å². The van der Waals surface area contributed by atoms with Gasteiger partial charge in [0.2, 0.25) is 0 Å². The van der Waals surface area contributed by atoms with E-state index in [-0.39, 0.29) is 22.2 Å². The first kappa shape index (κ1) is 19.0. The second kappa shape index (κ2) is 5.37. The molecule has 0 aromatic rings. The number of carbonyl (C=O) groups is 1. The monoisotopic (exact) mass is 360 g/mol. The fraction of sp³-hybridized carbons (Fsp3) is 0.958. The highest BCUT2D eigenvalue weighted by Crippen LogP contribution is 2.75. The van der Waals surface area contributed by atoms with Crippen molar-refractivity contribution in [2.24, 2.45) is 39.4 Å². The molecule has 26 heavy (non-hydrogen) atoms. The van der Waals surface area contributed by atoms with Crippen LogP contribution in [0.5, 0.6) is 0 Å². The van der Waals surface area contributed by atoms with E-state index in [0.717, 1.165) is 32.1 Å². The van der Waals surface area contributed by atoms with Crippen LogP contribution in [0.2, 0.25) is 0 Å². The highest BCUT2D eigenvalue weighted by atomic mass is 16.3. The Balaban J connectivity index is 1.56. The number of Topliss-reactive ketones (excluding diaryl/α,β-unsaturated/α-hetero) is 1. The van der Waals surface area contributed by atoms with Crippen LogP contribution in [0.1, 0.15) is 99.3 Å². The van der Waals surface area contributed by atoms with E-state index in [9.17, 15) is 9.90 Å². The first-order valence-corrected chi connectivity index (χ1v) is 11.1. The Kier molecular flexibility index (Phi) is 3.91. The Labute approximate surface area is 160 Å². The quantitative estimate of drug-likeness (QED) is 0.676. The van der Waals surface area contributed by atoms with Crippen LogP contribution in [0.25, 0.3) is 0 Å². The van der Waals surface area contributed by atoms with E-state index in [1.807, 2.05) is 0 Å². The molecule has 2 nitrogen and oxygen atoms in total. The smallest absolute Gasteiger partial charge is 0.142 e. The van der Waals surface area contributed by atoms with Gasteiger partial charge in [0.25, 0.3) is 0 Å². The summed E-state index contributed by atoms with van der Waals surface area (Å²) in [4.78, 5) is 13.7. The molecule has 1 N–H and O–H groups in total. The van der Waals surface area contributed by atoms with E-state index in [1.165, 1.54) is 25.7 Å². The summed E-state index contributed by atoms with van der Waals surface area (Å²) in [7, 11) is 0. The average molecular weight is 361 g/mol. The van der Waals surface area contributed by atoms with Gasteiger partial charge in [0.1, 0.15) is 5.78 Å². The van der Waals surface area contributed by atoms with Crippen LogP contribution < -0.4 is 0 Å². The Bertz CT molecular complexity index is 614. The number of rotatable bonds is 5. The normalized spacial score (nSPS) is 49.1. The third kappa shape index (κ3) is 2.65. The van der Waals surface area contributed by atoms with Crippen molar-refractivity contribution < 1.29 is 9.90 Å². The van der Waals surface area contributed by atoms with Crippen molar-refractivity contribution in [3.8, 4) is 0 Å². The lowest BCUT2D eigenvalue weighted by atomic mass is 9.48. The molecule has 0 amide bonds. The minimum absolute atomic E-state index is 0.186. The van der Waals surface area contributed by atoms with E-state index >= 15 is 0 Å². The summed E-state index contributed by atoms with van der Waals surface area (Å²) in [5.41, 5.74) is 0.188. The predicted octanol–water partition coefficient (Wildman–Crippen LogP) is 5.77. The highest BCUT2D eigenvalue weighted by molar-refractivity contribution is 5.87. The molecule has 7 atom stereocenters. The number of carbonyl (C=O) groups excluding carboxylic acids is 1. The van der Waals surface area contributed by atoms with Crippen molar-refractivity contribution >= 4 is 5.78 Å². The molecule has 5 fully saturated rings. The van der Waals surface area contributed by atoms with Gasteiger partial charge >= 0.3 is 0 Å². The third-order valence-electron chi connectivity index (χ3n) is 9.02. The minimum atomic E-state index is -0.407. The summed E-state index contributed by atoms with van der Waals surface area (Å²) in [6.07, 6.45) is 9.89. The molecule has 0 aromatic carbocycles. The predicted molar refractivity (Wildman–Crippen MR) is 106 cm³/mol. The van der Waals surface area contributed by atoms with Crippen molar-refractivity contribution in [2.75, 3.05) is 0 Å². The van der Waals surface area contributed by atoms with E-state index in [2.05, 4.69) is 41.5 Å². The number of aliphatic hydroxyl groups is 1. The Morgan fingerprint density at radius 3 is 2.23 bits per heavy atom. The van der Waals surface area contributed by atoms with Crippen molar-refractivity contribution in [3.05, 3.63) is 0 Å². The molecule has 0 aliphatic heterocycles. The van der Waals surface area contributed by atoms with Gasteiger partial charge < -0.3 is 5.11 Å². The molecule has 2 heteroatoms. The molecule has 5 aliphatic rings. The number of hydrogen-bond donors (Lipinski definition) is 1. The molecular formula is C24H40O2. The third-order valence-corrected chi connectivity index (χ3v) is 9.02. The molecule has 5 saturated carbocycles. The molecular weight excluding hydrogens is 320 g/mol. The Morgan fingerprint density at radius 2 is 1.77 bits per heavy atom. The summed E-state index contributed by atoms with van der Waals surface area (Å²) >= 11 is 0. The van der Waals surface area contributed by atoms with Crippen LogP contribution in [0.4, 0.5) is 0 Å². The molecule has 0 radical (unpaired) electrons. The summed E-state index contributed by atoms with van der Waals surface area (Å²) in [5.74, 6) is 1.84. The van der Waals surface area contributed by atoms with Gasteiger partial charge in [-0.3, -0.25) is 4.79 Å². The zero-order valence-corrected chi connectivity index (χ0v) is 18.0. The molecule has 7 unspecified atom stereocenters. The SMILES string of the molecule is CCC(C)(CC(C)(C)C)C(=O)C1CCC1C12CC3CC(C)(CC3(O)C1)C2. The van der Waals surface area contributed by atoms with Gasteiger partial charge in [0.15, 0.2) is 0 Å². The summed E-state index contributed by atoms with van der Waals surface area (Å²) in [6.45, 7) is 13.6. The maximum Gasteiger partial charge on any atom is 0.142 e. The first-order valence-electron chi connectivity index (χ1n) is 11.1. The first-order chi connectivity index (χ1) is 11.8. The van der Waals surface area contributed by atoms with E-state index < -0.39 is 5.60 Å². The van der Waals surface area contributed by atoms with Crippen LogP contribution >= 0.6 is 0 Å². The second-order valence-electron chi connectivity index (χ2n) is 12.7. The van der Waals surface area contributed by atoms with Crippen molar-refractivity contribution in [1.82, 2.24) is 0 Å². The van der Waals surface area contributed by atoms with Crippen molar-refractivity contribution in [1.29, 1.82) is 0 Å². The van der Waals surface area contributed by atoms with Crippen LogP contribution in [0.15, 0.2) is 0 Å². The molecule has 148 valence electrons. The molecule has 5 aliphatic carbocycles.